The minimum Gasteiger partial charge on any atom is -0.387 e. The predicted octanol–water partition coefficient (Wildman–Crippen LogP) is 3.27. The fourth-order valence-corrected chi connectivity index (χ4v) is 5.66. The van der Waals surface area contributed by atoms with Gasteiger partial charge < -0.3 is 15.7 Å². The molecule has 0 spiro atoms. The molecule has 3 aromatic heterocycles. The Balaban J connectivity index is 1.33. The Kier molecular flexibility index (Phi) is 5.03. The topological polar surface area (TPSA) is 110 Å². The van der Waals surface area contributed by atoms with E-state index < -0.39 is 6.61 Å². The molecule has 2 bridgehead atoms. The lowest BCUT2D eigenvalue weighted by atomic mass is 9.87. The smallest absolute Gasteiger partial charge is 0.248 e. The van der Waals surface area contributed by atoms with Gasteiger partial charge in [0, 0.05) is 52.6 Å². The number of pyridine rings is 1. The first kappa shape index (κ1) is 20.8. The van der Waals surface area contributed by atoms with E-state index in [1.165, 1.54) is 0 Å². The van der Waals surface area contributed by atoms with Gasteiger partial charge >= 0.3 is 0 Å². The molecule has 2 saturated heterocycles. The number of anilines is 1. The van der Waals surface area contributed by atoms with E-state index >= 15 is 0 Å². The first-order chi connectivity index (χ1) is 16.6. The molecule has 172 valence electrons. The quantitative estimate of drug-likeness (QED) is 0.490. The van der Waals surface area contributed by atoms with Crippen LogP contribution >= 0.6 is 0 Å². The Bertz CT molecular complexity index is 1340. The van der Waals surface area contributed by atoms with E-state index in [1.807, 2.05) is 59.6 Å². The molecule has 4 aromatic rings. The average molecular weight is 455 g/mol. The molecule has 0 radical (unpaired) electrons. The van der Waals surface area contributed by atoms with Crippen molar-refractivity contribution in [1.82, 2.24) is 24.5 Å². The summed E-state index contributed by atoms with van der Waals surface area (Å²) in [6, 6.07) is 16.3. The number of aromatic nitrogens is 4. The van der Waals surface area contributed by atoms with E-state index in [-0.39, 0.29) is 23.9 Å². The summed E-state index contributed by atoms with van der Waals surface area (Å²) in [5.74, 6) is 0.591. The maximum Gasteiger partial charge on any atom is 0.248 e. The standard InChI is InChI=1S/C26H26N6O2/c27-24-12-23(18-10-19-7-8-20(11-18)31(19)25(34)15-33)30-26-21(14-29-32(24)26)17-6-9-22(28-13-17)16-4-2-1-3-5-16/h1-6,9,12-14,18-20,33H,7-8,10-11,15,27H2/t18-,19+,20-. The summed E-state index contributed by atoms with van der Waals surface area (Å²) in [5.41, 5.74) is 11.8. The summed E-state index contributed by atoms with van der Waals surface area (Å²) in [6.45, 7) is -0.425. The summed E-state index contributed by atoms with van der Waals surface area (Å²) in [4.78, 5) is 23.8. The zero-order valence-corrected chi connectivity index (χ0v) is 18.7. The van der Waals surface area contributed by atoms with Crippen molar-refractivity contribution in [3.63, 3.8) is 0 Å². The highest BCUT2D eigenvalue weighted by Crippen LogP contribution is 2.43. The molecule has 2 fully saturated rings. The van der Waals surface area contributed by atoms with Crippen LogP contribution in [0.3, 0.4) is 0 Å². The minimum atomic E-state index is -0.425. The molecular weight excluding hydrogens is 428 g/mol. The summed E-state index contributed by atoms with van der Waals surface area (Å²) in [6.07, 6.45) is 7.25. The molecule has 5 heterocycles. The molecule has 0 unspecified atom stereocenters. The van der Waals surface area contributed by atoms with Crippen LogP contribution in [0.25, 0.3) is 28.0 Å². The fourth-order valence-electron chi connectivity index (χ4n) is 5.66. The van der Waals surface area contributed by atoms with E-state index in [4.69, 9.17) is 10.7 Å². The normalized spacial score (nSPS) is 21.8. The molecule has 2 aliphatic heterocycles. The summed E-state index contributed by atoms with van der Waals surface area (Å²) in [7, 11) is 0. The van der Waals surface area contributed by atoms with Crippen molar-refractivity contribution >= 4 is 17.4 Å². The molecule has 8 heteroatoms. The second-order valence-electron chi connectivity index (χ2n) is 9.21. The van der Waals surface area contributed by atoms with Crippen molar-refractivity contribution in [2.24, 2.45) is 0 Å². The summed E-state index contributed by atoms with van der Waals surface area (Å²) < 4.78 is 1.67. The van der Waals surface area contributed by atoms with Gasteiger partial charge in [-0.3, -0.25) is 9.78 Å². The number of aliphatic hydroxyl groups excluding tert-OH is 1. The number of fused-ring (bicyclic) bond motifs is 3. The Morgan fingerprint density at radius 1 is 1.03 bits per heavy atom. The zero-order valence-electron chi connectivity index (χ0n) is 18.7. The van der Waals surface area contributed by atoms with E-state index in [0.717, 1.165) is 53.8 Å². The van der Waals surface area contributed by atoms with Crippen LogP contribution in [-0.2, 0) is 4.79 Å². The lowest BCUT2D eigenvalue weighted by Gasteiger charge is -2.38. The number of nitrogen functional groups attached to an aromatic ring is 1. The van der Waals surface area contributed by atoms with Crippen molar-refractivity contribution < 1.29 is 9.90 Å². The van der Waals surface area contributed by atoms with Crippen LogP contribution in [0.2, 0.25) is 0 Å². The number of aliphatic hydroxyl groups is 1. The second kappa shape index (κ2) is 8.22. The van der Waals surface area contributed by atoms with E-state index in [2.05, 4.69) is 10.1 Å². The van der Waals surface area contributed by atoms with Gasteiger partial charge in [-0.1, -0.05) is 36.4 Å². The number of benzene rings is 1. The third-order valence-electron chi connectivity index (χ3n) is 7.24. The average Bonchev–Trinajstić information content (AvgIpc) is 3.42. The molecule has 2 aliphatic rings. The highest BCUT2D eigenvalue weighted by Gasteiger charge is 2.43. The van der Waals surface area contributed by atoms with Gasteiger partial charge in [-0.05, 0) is 31.7 Å². The molecular formula is C26H26N6O2. The Morgan fingerprint density at radius 2 is 1.79 bits per heavy atom. The van der Waals surface area contributed by atoms with Crippen molar-refractivity contribution in [2.75, 3.05) is 12.3 Å². The number of amides is 1. The fraction of sp³-hybridized carbons (Fsp3) is 0.308. The molecule has 3 atom stereocenters. The van der Waals surface area contributed by atoms with Crippen molar-refractivity contribution in [1.29, 1.82) is 0 Å². The number of nitrogens with two attached hydrogens (primary N) is 1. The monoisotopic (exact) mass is 454 g/mol. The number of rotatable bonds is 4. The highest BCUT2D eigenvalue weighted by molar-refractivity contribution is 5.79. The number of nitrogens with zero attached hydrogens (tertiary/aromatic N) is 5. The van der Waals surface area contributed by atoms with Gasteiger partial charge in [0.15, 0.2) is 5.65 Å². The van der Waals surface area contributed by atoms with Crippen LogP contribution < -0.4 is 5.73 Å². The van der Waals surface area contributed by atoms with Crippen LogP contribution in [0.4, 0.5) is 5.82 Å². The van der Waals surface area contributed by atoms with Gasteiger partial charge in [-0.2, -0.15) is 9.61 Å². The SMILES string of the molecule is Nc1cc([C@H]2C[C@H]3CC[C@@H](C2)N3C(=O)CO)nc2c(-c3ccc(-c4ccccc4)nc3)cnn12. The lowest BCUT2D eigenvalue weighted by Crippen LogP contribution is -2.47. The molecule has 0 aliphatic carbocycles. The molecule has 3 N–H and O–H groups in total. The molecule has 6 rings (SSSR count). The van der Waals surface area contributed by atoms with Crippen LogP contribution in [0.1, 0.15) is 37.3 Å². The van der Waals surface area contributed by atoms with Gasteiger partial charge in [0.2, 0.25) is 5.91 Å². The second-order valence-corrected chi connectivity index (χ2v) is 9.21. The Hall–Kier alpha value is -3.78. The maximum absolute atomic E-state index is 12.2. The van der Waals surface area contributed by atoms with Crippen molar-refractivity contribution in [2.45, 2.75) is 43.7 Å². The van der Waals surface area contributed by atoms with E-state index in [1.54, 1.807) is 10.7 Å². The van der Waals surface area contributed by atoms with Crippen LogP contribution in [0.15, 0.2) is 60.9 Å². The van der Waals surface area contributed by atoms with Gasteiger partial charge in [0.05, 0.1) is 11.9 Å². The lowest BCUT2D eigenvalue weighted by molar-refractivity contribution is -0.138. The van der Waals surface area contributed by atoms with Crippen LogP contribution in [0, 0.1) is 0 Å². The number of hydrogen-bond donors (Lipinski definition) is 2. The number of carbonyl (C=O) groups is 1. The third kappa shape index (κ3) is 3.42. The number of hydrogen-bond acceptors (Lipinski definition) is 6. The molecule has 1 aromatic carbocycles. The van der Waals surface area contributed by atoms with Crippen molar-refractivity contribution in [3.05, 3.63) is 66.6 Å². The third-order valence-corrected chi connectivity index (χ3v) is 7.24. The Morgan fingerprint density at radius 3 is 2.47 bits per heavy atom. The number of carbonyl (C=O) groups excluding carboxylic acids is 1. The van der Waals surface area contributed by atoms with Gasteiger partial charge in [-0.25, -0.2) is 4.98 Å². The van der Waals surface area contributed by atoms with E-state index in [0.29, 0.717) is 11.5 Å². The first-order valence-electron chi connectivity index (χ1n) is 11.7. The van der Waals surface area contributed by atoms with Crippen LogP contribution in [0.5, 0.6) is 0 Å². The first-order valence-corrected chi connectivity index (χ1v) is 11.7. The largest absolute Gasteiger partial charge is 0.387 e. The van der Waals surface area contributed by atoms with Gasteiger partial charge in [0.25, 0.3) is 0 Å². The maximum atomic E-state index is 12.2. The highest BCUT2D eigenvalue weighted by atomic mass is 16.3. The van der Waals surface area contributed by atoms with Gasteiger partial charge in [-0.15, -0.1) is 0 Å². The van der Waals surface area contributed by atoms with Gasteiger partial charge in [0.1, 0.15) is 12.4 Å². The molecule has 34 heavy (non-hydrogen) atoms. The molecule has 0 saturated carbocycles. The predicted molar refractivity (Wildman–Crippen MR) is 129 cm³/mol. The van der Waals surface area contributed by atoms with Crippen molar-refractivity contribution in [3.8, 4) is 22.4 Å². The minimum absolute atomic E-state index is 0.154. The number of piperidine rings is 1. The zero-order chi connectivity index (χ0) is 23.2. The Labute approximate surface area is 197 Å². The molecule has 1 amide bonds. The summed E-state index contributed by atoms with van der Waals surface area (Å²) >= 11 is 0. The van der Waals surface area contributed by atoms with Crippen LogP contribution in [-0.4, -0.2) is 54.2 Å². The van der Waals surface area contributed by atoms with E-state index in [9.17, 15) is 9.90 Å². The molecule has 8 nitrogen and oxygen atoms in total. The summed E-state index contributed by atoms with van der Waals surface area (Å²) in [5, 5.41) is 13.8.